The zero-order chi connectivity index (χ0) is 32.7. The van der Waals surface area contributed by atoms with Gasteiger partial charge in [0.2, 0.25) is 0 Å². The molecule has 1 aromatic heterocycles. The Labute approximate surface area is 288 Å². The molecule has 0 saturated heterocycles. The Hall–Kier alpha value is -3.59. The predicted octanol–water partition coefficient (Wildman–Crippen LogP) is 6.92. The van der Waals surface area contributed by atoms with Crippen molar-refractivity contribution in [2.24, 2.45) is 0 Å². The number of nitrogens with one attached hydrogen (secondary N) is 1. The molecule has 5 aromatic rings. The van der Waals surface area contributed by atoms with E-state index in [2.05, 4.69) is 126 Å². The largest absolute Gasteiger partial charge is 1.00 e. The number of aromatic nitrogens is 1. The number of benzene rings is 4. The molecule has 0 atom stereocenters. The van der Waals surface area contributed by atoms with Crippen molar-refractivity contribution >= 4 is 49.0 Å². The van der Waals surface area contributed by atoms with Crippen molar-refractivity contribution in [2.45, 2.75) is 26.8 Å². The van der Waals surface area contributed by atoms with Gasteiger partial charge in [0, 0.05) is 32.2 Å². The van der Waals surface area contributed by atoms with Crippen molar-refractivity contribution in [1.82, 2.24) is 4.98 Å². The van der Waals surface area contributed by atoms with E-state index in [0.717, 1.165) is 19.5 Å². The molecule has 0 aliphatic rings. The van der Waals surface area contributed by atoms with Gasteiger partial charge in [-0.05, 0) is 60.7 Å². The third-order valence-electron chi connectivity index (χ3n) is 6.25. The zero-order valence-corrected chi connectivity index (χ0v) is 29.9. The van der Waals surface area contributed by atoms with Crippen molar-refractivity contribution < 1.29 is 39.3 Å². The molecular weight excluding hydrogens is 699 g/mol. The van der Waals surface area contributed by atoms with E-state index in [1.807, 2.05) is 18.2 Å². The molecule has 0 bridgehead atoms. The van der Waals surface area contributed by atoms with Crippen LogP contribution >= 0.6 is 15.8 Å². The minimum Gasteiger partial charge on any atom is -0.672 e. The van der Waals surface area contributed by atoms with Crippen molar-refractivity contribution in [1.29, 1.82) is 0 Å². The fraction of sp³-hybridized carbons (Fsp3) is 0.162. The maximum atomic E-state index is 9.00. The van der Waals surface area contributed by atoms with E-state index in [1.165, 1.54) is 40.0 Å². The maximum absolute atomic E-state index is 9.00. The first-order valence-electron chi connectivity index (χ1n) is 14.7. The van der Waals surface area contributed by atoms with Crippen LogP contribution in [0.15, 0.2) is 146 Å². The molecule has 5 rings (SSSR count). The predicted molar refractivity (Wildman–Crippen MR) is 194 cm³/mol. The van der Waals surface area contributed by atoms with E-state index in [0.29, 0.717) is 0 Å². The minimum atomic E-state index is -0.833. The Bertz CT molecular complexity index is 1300. The Kier molecular flexibility index (Phi) is 21.6. The van der Waals surface area contributed by atoms with E-state index >= 15 is 0 Å². The minimum absolute atomic E-state index is 0. The standard InChI is InChI=1S/C27H26P2.C6H7N2.2C2H4O2.Ru/c1-5-14-24(15-6-1)28(25-16-7-2-8-17-25)22-13-23-29(26-18-9-3-10-19-26)27-20-11-4-12-21-27;7-5-6-3-1-2-4-8-6;2*1-2(3)4;/h1-12,14-21H,13,22-23H2;1-4,7H,5H2;2*1H3,(H,3,4);/q;-1;;;+1/p+2. The zero-order valence-electron chi connectivity index (χ0n) is 26.2. The van der Waals surface area contributed by atoms with E-state index in [4.69, 9.17) is 25.5 Å². The number of nitrogens with zero attached hydrogens (tertiary/aromatic N) is 1. The number of hydrogen-bond donors (Lipinski definition) is 2. The number of carboxylic acids is 2. The van der Waals surface area contributed by atoms with Crippen molar-refractivity contribution in [3.05, 3.63) is 157 Å². The summed E-state index contributed by atoms with van der Waals surface area (Å²) < 4.78 is 0. The quantitative estimate of drug-likeness (QED) is 0.126. The molecule has 46 heavy (non-hydrogen) atoms. The average molecular weight is 743 g/mol. The Balaban J connectivity index is 0.000000514. The van der Waals surface area contributed by atoms with Gasteiger partial charge < -0.3 is 15.9 Å². The molecule has 9 heteroatoms. The molecule has 1 radical (unpaired) electrons. The molecule has 1 heterocycles. The van der Waals surface area contributed by atoms with Crippen LogP contribution in [0.4, 0.5) is 0 Å². The first-order valence-corrected chi connectivity index (χ1v) is 18.1. The number of aliphatic carboxylic acids is 2. The first-order chi connectivity index (χ1) is 21.8. The van der Waals surface area contributed by atoms with Gasteiger partial charge in [-0.3, -0.25) is 14.6 Å². The summed E-state index contributed by atoms with van der Waals surface area (Å²) in [4.78, 5) is 21.9. The molecule has 0 amide bonds. The Morgan fingerprint density at radius 2 is 0.848 bits per heavy atom. The summed E-state index contributed by atoms with van der Waals surface area (Å²) in [6, 6.07) is 50.1. The van der Waals surface area contributed by atoms with Gasteiger partial charge >= 0.3 is 19.5 Å². The molecule has 6 nitrogen and oxygen atoms in total. The Morgan fingerprint density at radius 1 is 0.565 bits per heavy atom. The summed E-state index contributed by atoms with van der Waals surface area (Å²) in [5, 5.41) is 20.9. The topological polar surface area (TPSA) is 111 Å². The second kappa shape index (κ2) is 24.6. The van der Waals surface area contributed by atoms with Crippen LogP contribution < -0.4 is 21.2 Å². The summed E-state index contributed by atoms with van der Waals surface area (Å²) in [6.07, 6.45) is 5.54. The number of pyridine rings is 1. The van der Waals surface area contributed by atoms with E-state index in [-0.39, 0.29) is 26.0 Å². The third kappa shape index (κ3) is 17.2. The Morgan fingerprint density at radius 3 is 1.07 bits per heavy atom. The van der Waals surface area contributed by atoms with Crippen molar-refractivity contribution in [3.8, 4) is 0 Å². The molecule has 0 spiro atoms. The van der Waals surface area contributed by atoms with Gasteiger partial charge in [-0.15, -0.1) is 6.54 Å². The van der Waals surface area contributed by atoms with Crippen molar-refractivity contribution in [3.63, 3.8) is 0 Å². The van der Waals surface area contributed by atoms with Gasteiger partial charge in [0.15, 0.2) is 0 Å². The number of hydrogen-bond acceptors (Lipinski definition) is 3. The molecule has 0 fully saturated rings. The first kappa shape index (κ1) is 40.4. The molecule has 0 saturated carbocycles. The van der Waals surface area contributed by atoms with Gasteiger partial charge in [0.1, 0.15) is 0 Å². The van der Waals surface area contributed by atoms with Crippen LogP contribution in [0, 0.1) is 0 Å². The molecular formula is C37H43N2O4P2Ru+2. The average Bonchev–Trinajstić information content (AvgIpc) is 3.07. The van der Waals surface area contributed by atoms with Gasteiger partial charge in [-0.1, -0.05) is 78.9 Å². The summed E-state index contributed by atoms with van der Waals surface area (Å²) >= 11 is 0. The van der Waals surface area contributed by atoms with Gasteiger partial charge in [0.25, 0.3) is 11.9 Å². The summed E-state index contributed by atoms with van der Waals surface area (Å²) in [6.45, 7) is 2.45. The third-order valence-corrected chi connectivity index (χ3v) is 12.1. The van der Waals surface area contributed by atoms with Crippen LogP contribution in [0.5, 0.6) is 0 Å². The van der Waals surface area contributed by atoms with E-state index in [9.17, 15) is 0 Å². The second-order valence-corrected chi connectivity index (χ2v) is 15.0. The van der Waals surface area contributed by atoms with Crippen LogP contribution in [0.25, 0.3) is 5.73 Å². The van der Waals surface area contributed by atoms with Crippen molar-refractivity contribution in [2.75, 3.05) is 12.3 Å². The van der Waals surface area contributed by atoms with E-state index in [1.54, 1.807) is 6.20 Å². The molecule has 241 valence electrons. The molecule has 0 aliphatic heterocycles. The fourth-order valence-electron chi connectivity index (χ4n) is 4.41. The summed E-state index contributed by atoms with van der Waals surface area (Å²) in [5.41, 5.74) is 7.71. The summed E-state index contributed by atoms with van der Waals surface area (Å²) in [5.74, 6) is -1.67. The summed E-state index contributed by atoms with van der Waals surface area (Å²) in [7, 11) is -1.48. The molecule has 3 N–H and O–H groups in total. The maximum Gasteiger partial charge on any atom is 1.00 e. The molecule has 4 aromatic carbocycles. The second-order valence-electron chi connectivity index (χ2n) is 9.81. The number of carboxylic acid groups (broad SMARTS) is 2. The van der Waals surface area contributed by atoms with Crippen LogP contribution in [0.1, 0.15) is 26.0 Å². The van der Waals surface area contributed by atoms with Crippen LogP contribution in [0.2, 0.25) is 0 Å². The van der Waals surface area contributed by atoms with Gasteiger partial charge in [0.05, 0.1) is 49.4 Å². The SMILES string of the molecule is CC(=O)O.CC(=O)O.[NH-]Cc1ccccn1.[Ru+].c1ccc([PH+](CCC[PH+](c2ccccc2)c2ccccc2)c2ccccc2)cc1. The fourth-order valence-corrected chi connectivity index (χ4v) is 10.0. The smallest absolute Gasteiger partial charge is 0.672 e. The normalized spacial score (nSPS) is 9.67. The van der Waals surface area contributed by atoms with Crippen LogP contribution in [-0.4, -0.2) is 39.5 Å². The number of rotatable bonds is 9. The number of carbonyl (C=O) groups is 2. The monoisotopic (exact) mass is 743 g/mol. The van der Waals surface area contributed by atoms with Gasteiger partial charge in [-0.25, -0.2) is 0 Å². The van der Waals surface area contributed by atoms with Crippen LogP contribution in [-0.2, 0) is 35.6 Å². The van der Waals surface area contributed by atoms with E-state index < -0.39 is 27.8 Å². The van der Waals surface area contributed by atoms with Crippen LogP contribution in [0.3, 0.4) is 0 Å². The van der Waals surface area contributed by atoms with Gasteiger partial charge in [-0.2, -0.15) is 0 Å². The molecule has 0 unspecified atom stereocenters. The molecule has 0 aliphatic carbocycles.